The van der Waals surface area contributed by atoms with Gasteiger partial charge in [0.25, 0.3) is 5.91 Å². The number of amides is 1. The van der Waals surface area contributed by atoms with Crippen LogP contribution in [0.25, 0.3) is 17.1 Å². The Balaban J connectivity index is 1.47. The van der Waals surface area contributed by atoms with Gasteiger partial charge in [-0.25, -0.2) is 5.43 Å². The number of rotatable bonds is 9. The van der Waals surface area contributed by atoms with E-state index >= 15 is 0 Å². The predicted molar refractivity (Wildman–Crippen MR) is 141 cm³/mol. The largest absolute Gasteiger partial charge is 0.497 e. The van der Waals surface area contributed by atoms with E-state index in [-0.39, 0.29) is 11.7 Å². The Hall–Kier alpha value is -3.63. The monoisotopic (exact) mass is 551 g/mol. The third-order valence-electron chi connectivity index (χ3n) is 4.91. The third-order valence-corrected chi connectivity index (χ3v) is 6.46. The average molecular weight is 552 g/mol. The number of nitrogens with zero attached hydrogens (tertiary/aromatic N) is 4. The Morgan fingerprint density at radius 2 is 1.83 bits per heavy atom. The number of aromatic nitrogens is 3. The smallest absolute Gasteiger partial charge is 0.250 e. The minimum absolute atomic E-state index is 0.122. The molecule has 178 valence electrons. The summed E-state index contributed by atoms with van der Waals surface area (Å²) in [5, 5.41) is 13.4. The number of carbonyl (C=O) groups is 1. The van der Waals surface area contributed by atoms with E-state index in [1.54, 1.807) is 20.4 Å². The maximum atomic E-state index is 12.4. The van der Waals surface area contributed by atoms with E-state index in [1.165, 1.54) is 11.8 Å². The van der Waals surface area contributed by atoms with E-state index in [1.807, 2.05) is 77.4 Å². The molecule has 8 nitrogen and oxygen atoms in total. The molecule has 0 saturated heterocycles. The topological polar surface area (TPSA) is 90.6 Å². The molecule has 35 heavy (non-hydrogen) atoms. The molecule has 0 atom stereocenters. The first-order valence-electron chi connectivity index (χ1n) is 10.5. The molecule has 0 bridgehead atoms. The number of benzene rings is 3. The molecule has 1 N–H and O–H groups in total. The van der Waals surface area contributed by atoms with Crippen molar-refractivity contribution in [1.29, 1.82) is 0 Å². The quantitative estimate of drug-likeness (QED) is 0.180. The van der Waals surface area contributed by atoms with Gasteiger partial charge in [0.1, 0.15) is 11.5 Å². The van der Waals surface area contributed by atoms with Crippen LogP contribution in [0, 0.1) is 0 Å². The molecule has 3 aromatic carbocycles. The molecular formula is C25H22BrN5O3S. The number of ether oxygens (including phenoxy) is 2. The number of hydrogen-bond acceptors (Lipinski definition) is 7. The van der Waals surface area contributed by atoms with Gasteiger partial charge in [0.15, 0.2) is 11.0 Å². The number of para-hydroxylation sites is 1. The van der Waals surface area contributed by atoms with Crippen molar-refractivity contribution < 1.29 is 14.3 Å². The summed E-state index contributed by atoms with van der Waals surface area (Å²) in [4.78, 5) is 12.4. The summed E-state index contributed by atoms with van der Waals surface area (Å²) in [6.07, 6.45) is 1.57. The lowest BCUT2D eigenvalue weighted by molar-refractivity contribution is -0.118. The van der Waals surface area contributed by atoms with Crippen LogP contribution in [0.1, 0.15) is 5.56 Å². The summed E-state index contributed by atoms with van der Waals surface area (Å²) in [5.74, 6) is 2.02. The fourth-order valence-electron chi connectivity index (χ4n) is 3.20. The minimum atomic E-state index is -0.257. The minimum Gasteiger partial charge on any atom is -0.497 e. The summed E-state index contributed by atoms with van der Waals surface area (Å²) in [6.45, 7) is 0. The second-order valence-corrected chi connectivity index (χ2v) is 8.98. The fourth-order valence-corrected chi connectivity index (χ4v) is 4.51. The van der Waals surface area contributed by atoms with Gasteiger partial charge in [-0.2, -0.15) is 5.10 Å². The van der Waals surface area contributed by atoms with Gasteiger partial charge in [-0.05, 0) is 76.1 Å². The van der Waals surface area contributed by atoms with Gasteiger partial charge in [-0.1, -0.05) is 30.0 Å². The van der Waals surface area contributed by atoms with Gasteiger partial charge in [-0.15, -0.1) is 10.2 Å². The van der Waals surface area contributed by atoms with Gasteiger partial charge < -0.3 is 9.47 Å². The Morgan fingerprint density at radius 1 is 1.06 bits per heavy atom. The van der Waals surface area contributed by atoms with Gasteiger partial charge in [0.2, 0.25) is 0 Å². The van der Waals surface area contributed by atoms with Crippen molar-refractivity contribution in [1.82, 2.24) is 20.2 Å². The van der Waals surface area contributed by atoms with E-state index in [0.29, 0.717) is 11.0 Å². The van der Waals surface area contributed by atoms with Crippen LogP contribution in [0.3, 0.4) is 0 Å². The summed E-state index contributed by atoms with van der Waals surface area (Å²) in [5.41, 5.74) is 5.15. The highest BCUT2D eigenvalue weighted by atomic mass is 79.9. The number of nitrogens with one attached hydrogen (secondary N) is 1. The number of halogens is 1. The zero-order chi connectivity index (χ0) is 24.6. The van der Waals surface area contributed by atoms with Crippen LogP contribution in [-0.4, -0.2) is 46.9 Å². The molecule has 0 saturated carbocycles. The zero-order valence-electron chi connectivity index (χ0n) is 19.0. The zero-order valence-corrected chi connectivity index (χ0v) is 21.4. The molecule has 0 spiro atoms. The van der Waals surface area contributed by atoms with Crippen molar-refractivity contribution >= 4 is 39.8 Å². The third kappa shape index (κ3) is 6.09. The molecule has 4 aromatic rings. The van der Waals surface area contributed by atoms with Crippen LogP contribution in [0.15, 0.2) is 87.5 Å². The number of thioether (sulfide) groups is 1. The van der Waals surface area contributed by atoms with Gasteiger partial charge >= 0.3 is 0 Å². The summed E-state index contributed by atoms with van der Waals surface area (Å²) < 4.78 is 13.2. The first kappa shape index (κ1) is 24.5. The van der Waals surface area contributed by atoms with Crippen molar-refractivity contribution in [3.63, 3.8) is 0 Å². The number of methoxy groups -OCH3 is 2. The number of hydrazone groups is 1. The molecule has 1 amide bonds. The van der Waals surface area contributed by atoms with Gasteiger partial charge in [0.05, 0.1) is 30.7 Å². The molecule has 10 heteroatoms. The highest BCUT2D eigenvalue weighted by molar-refractivity contribution is 9.10. The fraction of sp³-hybridized carbons (Fsp3) is 0.120. The maximum Gasteiger partial charge on any atom is 0.250 e. The maximum absolute atomic E-state index is 12.4. The second kappa shape index (κ2) is 11.7. The molecule has 1 aromatic heterocycles. The first-order chi connectivity index (χ1) is 17.1. The summed E-state index contributed by atoms with van der Waals surface area (Å²) in [7, 11) is 3.23. The molecule has 0 unspecified atom stereocenters. The normalized spacial score (nSPS) is 10.9. The van der Waals surface area contributed by atoms with Gasteiger partial charge in [-0.3, -0.25) is 9.36 Å². The van der Waals surface area contributed by atoms with Crippen molar-refractivity contribution in [2.75, 3.05) is 20.0 Å². The Morgan fingerprint density at radius 3 is 2.51 bits per heavy atom. The van der Waals surface area contributed by atoms with Crippen LogP contribution >= 0.6 is 27.7 Å². The number of carbonyl (C=O) groups excluding carboxylic acids is 1. The lowest BCUT2D eigenvalue weighted by atomic mass is 10.2. The van der Waals surface area contributed by atoms with Crippen LogP contribution in [0.4, 0.5) is 0 Å². The van der Waals surface area contributed by atoms with E-state index in [2.05, 4.69) is 36.7 Å². The second-order valence-electron chi connectivity index (χ2n) is 7.18. The highest BCUT2D eigenvalue weighted by Crippen LogP contribution is 2.29. The molecule has 0 aliphatic heterocycles. The molecule has 0 radical (unpaired) electrons. The molecular weight excluding hydrogens is 530 g/mol. The van der Waals surface area contributed by atoms with E-state index in [4.69, 9.17) is 9.47 Å². The highest BCUT2D eigenvalue weighted by Gasteiger charge is 2.17. The first-order valence-corrected chi connectivity index (χ1v) is 12.3. The van der Waals surface area contributed by atoms with Crippen LogP contribution in [0.5, 0.6) is 11.5 Å². The van der Waals surface area contributed by atoms with E-state index in [9.17, 15) is 4.79 Å². The lowest BCUT2D eigenvalue weighted by Crippen LogP contribution is -2.20. The van der Waals surface area contributed by atoms with Crippen molar-refractivity contribution in [3.8, 4) is 28.6 Å². The summed E-state index contributed by atoms with van der Waals surface area (Å²) in [6, 6.07) is 22.9. The molecule has 0 aliphatic rings. The molecule has 0 fully saturated rings. The summed E-state index contributed by atoms with van der Waals surface area (Å²) >= 11 is 4.71. The van der Waals surface area contributed by atoms with Crippen LogP contribution in [0.2, 0.25) is 0 Å². The van der Waals surface area contributed by atoms with Crippen molar-refractivity contribution in [2.45, 2.75) is 5.16 Å². The Labute approximate surface area is 215 Å². The SMILES string of the molecule is COc1ccc(-c2nnc(SCC(=O)N/N=C\c3ccc(OC)c(Br)c3)n2-c2ccccc2)cc1. The van der Waals surface area contributed by atoms with Crippen LogP contribution < -0.4 is 14.9 Å². The lowest BCUT2D eigenvalue weighted by Gasteiger charge is -2.10. The predicted octanol–water partition coefficient (Wildman–Crippen LogP) is 4.96. The Kier molecular flexibility index (Phi) is 8.17. The van der Waals surface area contributed by atoms with E-state index in [0.717, 1.165) is 32.8 Å². The van der Waals surface area contributed by atoms with Gasteiger partial charge in [0, 0.05) is 11.3 Å². The Bertz CT molecular complexity index is 1330. The average Bonchev–Trinajstić information content (AvgIpc) is 3.32. The molecule has 1 heterocycles. The molecule has 4 rings (SSSR count). The molecule has 0 aliphatic carbocycles. The standard InChI is InChI=1S/C25H22BrN5O3S/c1-33-20-11-9-18(10-12-20)24-29-30-25(31(24)19-6-4-3-5-7-19)35-16-23(32)28-27-15-17-8-13-22(34-2)21(26)14-17/h3-15H,16H2,1-2H3,(H,28,32)/b27-15-. The number of hydrogen-bond donors (Lipinski definition) is 1. The van der Waals surface area contributed by atoms with Crippen LogP contribution in [-0.2, 0) is 4.79 Å². The van der Waals surface area contributed by atoms with E-state index < -0.39 is 0 Å². The van der Waals surface area contributed by atoms with Crippen molar-refractivity contribution in [3.05, 3.63) is 82.8 Å². The van der Waals surface area contributed by atoms with Crippen molar-refractivity contribution in [2.24, 2.45) is 5.10 Å².